The van der Waals surface area contributed by atoms with E-state index in [9.17, 15) is 0 Å². The highest BCUT2D eigenvalue weighted by atomic mass is 35.5. The minimum Gasteiger partial charge on any atom is -1.00 e. The predicted octanol–water partition coefficient (Wildman–Crippen LogP) is -2.05. The second-order valence-electron chi connectivity index (χ2n) is 1.06. The van der Waals surface area contributed by atoms with Crippen LogP contribution in [0.1, 0.15) is 0 Å². The van der Waals surface area contributed by atoms with Gasteiger partial charge in [-0.3, -0.25) is 0 Å². The van der Waals surface area contributed by atoms with Gasteiger partial charge in [0.15, 0.2) is 0 Å². The van der Waals surface area contributed by atoms with Gasteiger partial charge in [-0.2, -0.15) is 0 Å². The lowest BCUT2D eigenvalue weighted by molar-refractivity contribution is -0.457. The summed E-state index contributed by atoms with van der Waals surface area (Å²) in [5.41, 5.74) is 1.47. The summed E-state index contributed by atoms with van der Waals surface area (Å²) in [6.45, 7) is 0. The second kappa shape index (κ2) is 9.74. The first-order chi connectivity index (χ1) is 2.27. The molecule has 0 unspecified atom stereocenters. The third-order valence-electron chi connectivity index (χ3n) is 0.195. The summed E-state index contributed by atoms with van der Waals surface area (Å²) in [6, 6.07) is 0. The summed E-state index contributed by atoms with van der Waals surface area (Å²) < 4.78 is 1.77. The van der Waals surface area contributed by atoms with E-state index in [0.29, 0.717) is 0 Å². The molecular formula is C3H8Cl3N. The molecule has 0 saturated carbocycles. The van der Waals surface area contributed by atoms with E-state index >= 15 is 0 Å². The van der Waals surface area contributed by atoms with Crippen LogP contribution in [-0.2, 0) is 0 Å². The Labute approximate surface area is 61.2 Å². The molecule has 0 atom stereocenters. The summed E-state index contributed by atoms with van der Waals surface area (Å²) in [5, 5.41) is 0. The Morgan fingerprint density at radius 3 is 1.57 bits per heavy atom. The van der Waals surface area contributed by atoms with Crippen LogP contribution in [-0.4, -0.2) is 24.3 Å². The summed E-state index contributed by atoms with van der Waals surface area (Å²) in [6.07, 6.45) is 0. The van der Waals surface area contributed by atoms with Gasteiger partial charge < -0.3 is 12.4 Å². The number of hydrogen-bond donors (Lipinski definition) is 0. The van der Waals surface area contributed by atoms with Gasteiger partial charge in [-0.25, -0.2) is 4.58 Å². The van der Waals surface area contributed by atoms with E-state index in [2.05, 4.69) is 0 Å². The molecule has 0 rings (SSSR count). The molecule has 0 aromatic carbocycles. The van der Waals surface area contributed by atoms with Gasteiger partial charge in [-0.15, -0.1) is 12.4 Å². The molecule has 0 heterocycles. The molecule has 7 heavy (non-hydrogen) atoms. The van der Waals surface area contributed by atoms with E-state index < -0.39 is 0 Å². The van der Waals surface area contributed by atoms with Crippen molar-refractivity contribution < 1.29 is 17.0 Å². The largest absolute Gasteiger partial charge is 1.00 e. The molecule has 0 saturated heterocycles. The molecule has 0 fully saturated rings. The zero-order valence-corrected chi connectivity index (χ0v) is 6.52. The Morgan fingerprint density at radius 1 is 1.43 bits per heavy atom. The van der Waals surface area contributed by atoms with E-state index in [1.54, 1.807) is 4.58 Å². The minimum absolute atomic E-state index is 0. The van der Waals surface area contributed by atoms with Crippen LogP contribution in [0.25, 0.3) is 0 Å². The van der Waals surface area contributed by atoms with E-state index in [-0.39, 0.29) is 24.8 Å². The number of nitrogens with zero attached hydrogens (tertiary/aromatic N) is 1. The van der Waals surface area contributed by atoms with Crippen molar-refractivity contribution in [2.24, 2.45) is 0 Å². The maximum atomic E-state index is 5.14. The maximum Gasteiger partial charge on any atom is 0.232 e. The van der Waals surface area contributed by atoms with Gasteiger partial charge in [0.25, 0.3) is 0 Å². The van der Waals surface area contributed by atoms with Crippen molar-refractivity contribution in [2.75, 3.05) is 14.1 Å². The zero-order chi connectivity index (χ0) is 4.28. The fourth-order valence-electron chi connectivity index (χ4n) is 0. The molecule has 0 aromatic rings. The normalized spacial score (nSPS) is 5.00. The van der Waals surface area contributed by atoms with Crippen LogP contribution in [0.4, 0.5) is 0 Å². The molecule has 0 amide bonds. The first kappa shape index (κ1) is 15.6. The van der Waals surface area contributed by atoms with Gasteiger partial charge in [0.2, 0.25) is 5.67 Å². The van der Waals surface area contributed by atoms with Crippen molar-refractivity contribution in [1.82, 2.24) is 0 Å². The van der Waals surface area contributed by atoms with Crippen LogP contribution in [0.15, 0.2) is 0 Å². The maximum absolute atomic E-state index is 5.14. The van der Waals surface area contributed by atoms with E-state index in [1.165, 1.54) is 5.67 Å². The summed E-state index contributed by atoms with van der Waals surface area (Å²) >= 11 is 5.14. The van der Waals surface area contributed by atoms with Crippen molar-refractivity contribution in [3.8, 4) is 0 Å². The molecule has 0 bridgehead atoms. The molecule has 4 heteroatoms. The first-order valence-electron chi connectivity index (χ1n) is 1.37. The van der Waals surface area contributed by atoms with Gasteiger partial charge in [0.05, 0.1) is 0 Å². The van der Waals surface area contributed by atoms with E-state index in [4.69, 9.17) is 11.6 Å². The van der Waals surface area contributed by atoms with Gasteiger partial charge >= 0.3 is 0 Å². The standard InChI is InChI=1S/C3H7ClN.2ClH/c1-5(2)3-4;;/h3H,1-2H3;2*1H/q+1;;/p-1. The van der Waals surface area contributed by atoms with Crippen LogP contribution in [0.2, 0.25) is 0 Å². The highest BCUT2D eigenvalue weighted by molar-refractivity contribution is 6.54. The van der Waals surface area contributed by atoms with Crippen LogP contribution >= 0.6 is 24.0 Å². The number of halogens is 3. The van der Waals surface area contributed by atoms with Crippen LogP contribution in [0.3, 0.4) is 0 Å². The Morgan fingerprint density at radius 2 is 1.57 bits per heavy atom. The third kappa shape index (κ3) is 20.9. The topological polar surface area (TPSA) is 3.01 Å². The Balaban J connectivity index is -0.0000000800. The summed E-state index contributed by atoms with van der Waals surface area (Å²) in [7, 11) is 3.74. The molecule has 0 aliphatic carbocycles. The lowest BCUT2D eigenvalue weighted by atomic mass is 11.1. The molecule has 46 valence electrons. The molecular weight excluding hydrogens is 156 g/mol. The van der Waals surface area contributed by atoms with Crippen LogP contribution < -0.4 is 12.4 Å². The Bertz CT molecular complexity index is 48.1. The fourth-order valence-corrected chi connectivity index (χ4v) is 0. The molecule has 0 N–H and O–H groups in total. The highest BCUT2D eigenvalue weighted by Crippen LogP contribution is 1.55. The van der Waals surface area contributed by atoms with Crippen molar-refractivity contribution >= 4 is 29.7 Å². The number of hydrogen-bond acceptors (Lipinski definition) is 0. The van der Waals surface area contributed by atoms with Crippen molar-refractivity contribution in [1.29, 1.82) is 0 Å². The van der Waals surface area contributed by atoms with Gasteiger partial charge in [0, 0.05) is 0 Å². The van der Waals surface area contributed by atoms with Crippen LogP contribution in [0, 0.1) is 0 Å². The quantitative estimate of drug-likeness (QED) is 0.287. The molecule has 0 aliphatic rings. The Kier molecular flexibility index (Phi) is 21.8. The van der Waals surface area contributed by atoms with Gasteiger partial charge in [0.1, 0.15) is 14.1 Å². The van der Waals surface area contributed by atoms with E-state index in [0.717, 1.165) is 0 Å². The molecule has 1 nitrogen and oxygen atoms in total. The summed E-state index contributed by atoms with van der Waals surface area (Å²) in [4.78, 5) is 0. The van der Waals surface area contributed by atoms with Crippen molar-refractivity contribution in [2.45, 2.75) is 0 Å². The van der Waals surface area contributed by atoms with Crippen LogP contribution in [0.5, 0.6) is 0 Å². The SMILES string of the molecule is C[N+](C)=CCl.Cl.[Cl-]. The third-order valence-corrected chi connectivity index (χ3v) is 0.586. The average molecular weight is 164 g/mol. The molecule has 0 aliphatic heterocycles. The molecule has 0 radical (unpaired) electrons. The van der Waals surface area contributed by atoms with Gasteiger partial charge in [-0.05, 0) is 11.6 Å². The van der Waals surface area contributed by atoms with Crippen molar-refractivity contribution in [3.63, 3.8) is 0 Å². The smallest absolute Gasteiger partial charge is 0.232 e. The Hall–Kier alpha value is 0.540. The number of rotatable bonds is 0. The van der Waals surface area contributed by atoms with Crippen molar-refractivity contribution in [3.05, 3.63) is 0 Å². The monoisotopic (exact) mass is 163 g/mol. The molecule has 0 aromatic heterocycles. The fraction of sp³-hybridized carbons (Fsp3) is 0.667. The lowest BCUT2D eigenvalue weighted by Gasteiger charge is -1.70. The summed E-state index contributed by atoms with van der Waals surface area (Å²) in [5.74, 6) is 0. The zero-order valence-electron chi connectivity index (χ0n) is 4.19. The predicted molar refractivity (Wildman–Crippen MR) is 31.3 cm³/mol. The first-order valence-corrected chi connectivity index (χ1v) is 1.81. The van der Waals surface area contributed by atoms with Gasteiger partial charge in [-0.1, -0.05) is 0 Å². The second-order valence-corrected chi connectivity index (χ2v) is 1.26. The van der Waals surface area contributed by atoms with E-state index in [1.807, 2.05) is 14.1 Å². The minimum atomic E-state index is 0. The highest BCUT2D eigenvalue weighted by Gasteiger charge is 1.67. The average Bonchev–Trinajstić information content (AvgIpc) is 1.38. The molecule has 0 spiro atoms. The lowest BCUT2D eigenvalue weighted by Crippen LogP contribution is -3.00.